The fourth-order valence-electron chi connectivity index (χ4n) is 2.14. The predicted molar refractivity (Wildman–Crippen MR) is 90.1 cm³/mol. The van der Waals surface area contributed by atoms with Crippen LogP contribution in [-0.4, -0.2) is 24.0 Å². The zero-order valence-corrected chi connectivity index (χ0v) is 13.6. The Morgan fingerprint density at radius 2 is 2.17 bits per heavy atom. The van der Waals surface area contributed by atoms with Crippen molar-refractivity contribution in [1.29, 1.82) is 0 Å². The molecule has 0 atom stereocenters. The SMILES string of the molecule is COc1ccc(CNc2ccc(C(=O)NC3CC3)cn2)cc1Cl. The minimum Gasteiger partial charge on any atom is -0.495 e. The van der Waals surface area contributed by atoms with Gasteiger partial charge in [0.2, 0.25) is 0 Å². The summed E-state index contributed by atoms with van der Waals surface area (Å²) in [5.41, 5.74) is 1.60. The molecule has 0 saturated heterocycles. The molecule has 1 saturated carbocycles. The summed E-state index contributed by atoms with van der Waals surface area (Å²) < 4.78 is 5.13. The third kappa shape index (κ3) is 4.13. The number of halogens is 1. The highest BCUT2D eigenvalue weighted by atomic mass is 35.5. The zero-order valence-electron chi connectivity index (χ0n) is 12.8. The van der Waals surface area contributed by atoms with Gasteiger partial charge in [-0.15, -0.1) is 0 Å². The van der Waals surface area contributed by atoms with Crippen LogP contribution in [0.25, 0.3) is 0 Å². The summed E-state index contributed by atoms with van der Waals surface area (Å²) in [6, 6.07) is 9.54. The Labute approximate surface area is 140 Å². The van der Waals surface area contributed by atoms with Crippen LogP contribution in [0.4, 0.5) is 5.82 Å². The lowest BCUT2D eigenvalue weighted by Gasteiger charge is -2.09. The molecule has 0 aliphatic heterocycles. The van der Waals surface area contributed by atoms with E-state index >= 15 is 0 Å². The summed E-state index contributed by atoms with van der Waals surface area (Å²) in [5.74, 6) is 1.30. The molecule has 0 spiro atoms. The van der Waals surface area contributed by atoms with Crippen molar-refractivity contribution in [2.24, 2.45) is 0 Å². The van der Waals surface area contributed by atoms with Gasteiger partial charge >= 0.3 is 0 Å². The number of nitrogens with zero attached hydrogens (tertiary/aromatic N) is 1. The van der Waals surface area contributed by atoms with Crippen molar-refractivity contribution in [2.45, 2.75) is 25.4 Å². The largest absolute Gasteiger partial charge is 0.495 e. The van der Waals surface area contributed by atoms with E-state index in [-0.39, 0.29) is 5.91 Å². The summed E-state index contributed by atoms with van der Waals surface area (Å²) in [5, 5.41) is 6.72. The third-order valence-electron chi connectivity index (χ3n) is 3.63. The van der Waals surface area contributed by atoms with Crippen LogP contribution in [0.3, 0.4) is 0 Å². The Morgan fingerprint density at radius 1 is 1.35 bits per heavy atom. The van der Waals surface area contributed by atoms with Gasteiger partial charge in [0.05, 0.1) is 17.7 Å². The van der Waals surface area contributed by atoms with Gasteiger partial charge < -0.3 is 15.4 Å². The van der Waals surface area contributed by atoms with Gasteiger partial charge in [0.25, 0.3) is 5.91 Å². The number of pyridine rings is 1. The van der Waals surface area contributed by atoms with Crippen LogP contribution in [0.5, 0.6) is 5.75 Å². The lowest BCUT2D eigenvalue weighted by Crippen LogP contribution is -2.25. The van der Waals surface area contributed by atoms with Crippen molar-refractivity contribution in [1.82, 2.24) is 10.3 Å². The van der Waals surface area contributed by atoms with Gasteiger partial charge in [0.15, 0.2) is 0 Å². The molecule has 1 fully saturated rings. The average molecular weight is 332 g/mol. The maximum Gasteiger partial charge on any atom is 0.253 e. The van der Waals surface area contributed by atoms with Crippen molar-refractivity contribution >= 4 is 23.3 Å². The summed E-state index contributed by atoms with van der Waals surface area (Å²) in [6.07, 6.45) is 3.73. The molecule has 2 N–H and O–H groups in total. The number of nitrogens with one attached hydrogen (secondary N) is 2. The summed E-state index contributed by atoms with van der Waals surface area (Å²) in [6.45, 7) is 0.588. The number of carbonyl (C=O) groups is 1. The van der Waals surface area contributed by atoms with E-state index < -0.39 is 0 Å². The van der Waals surface area contributed by atoms with Gasteiger partial charge in [-0.25, -0.2) is 4.98 Å². The van der Waals surface area contributed by atoms with E-state index in [9.17, 15) is 4.79 Å². The number of rotatable bonds is 6. The minimum atomic E-state index is -0.0616. The van der Waals surface area contributed by atoms with E-state index in [4.69, 9.17) is 16.3 Å². The van der Waals surface area contributed by atoms with Crippen molar-refractivity contribution in [3.05, 3.63) is 52.7 Å². The summed E-state index contributed by atoms with van der Waals surface area (Å²) in [4.78, 5) is 16.2. The van der Waals surface area contributed by atoms with E-state index in [1.54, 1.807) is 25.4 Å². The van der Waals surface area contributed by atoms with E-state index in [1.807, 2.05) is 18.2 Å². The molecule has 1 heterocycles. The quantitative estimate of drug-likeness (QED) is 0.853. The first-order valence-electron chi connectivity index (χ1n) is 7.49. The smallest absolute Gasteiger partial charge is 0.253 e. The zero-order chi connectivity index (χ0) is 16.2. The average Bonchev–Trinajstić information content (AvgIpc) is 3.37. The number of ether oxygens (including phenoxy) is 1. The van der Waals surface area contributed by atoms with Crippen LogP contribution in [0.2, 0.25) is 5.02 Å². The Morgan fingerprint density at radius 3 is 2.78 bits per heavy atom. The molecule has 0 radical (unpaired) electrons. The van der Waals surface area contributed by atoms with Crippen molar-refractivity contribution in [3.8, 4) is 5.75 Å². The summed E-state index contributed by atoms with van der Waals surface area (Å²) >= 11 is 6.10. The fraction of sp³-hybridized carbons (Fsp3) is 0.294. The summed E-state index contributed by atoms with van der Waals surface area (Å²) in [7, 11) is 1.59. The van der Waals surface area contributed by atoms with E-state index in [0.717, 1.165) is 18.4 Å². The molecule has 1 amide bonds. The van der Waals surface area contributed by atoms with E-state index in [0.29, 0.717) is 34.7 Å². The van der Waals surface area contributed by atoms with Crippen molar-refractivity contribution < 1.29 is 9.53 Å². The molecule has 3 rings (SSSR count). The normalized spacial score (nSPS) is 13.5. The first kappa shape index (κ1) is 15.6. The molecular weight excluding hydrogens is 314 g/mol. The van der Waals surface area contributed by atoms with E-state index in [1.165, 1.54) is 0 Å². The standard InChI is InChI=1S/C17H18ClN3O2/c1-23-15-6-2-11(8-14(15)18)9-19-16-7-3-12(10-20-16)17(22)21-13-4-5-13/h2-3,6-8,10,13H,4-5,9H2,1H3,(H,19,20)(H,21,22). The molecule has 5 nitrogen and oxygen atoms in total. The van der Waals surface area contributed by atoms with Crippen molar-refractivity contribution in [2.75, 3.05) is 12.4 Å². The predicted octanol–water partition coefficient (Wildman–Crippen LogP) is 3.25. The number of methoxy groups -OCH3 is 1. The second-order valence-electron chi connectivity index (χ2n) is 5.50. The monoisotopic (exact) mass is 331 g/mol. The van der Waals surface area contributed by atoms with Crippen LogP contribution in [0.1, 0.15) is 28.8 Å². The van der Waals surface area contributed by atoms with Crippen LogP contribution in [0, 0.1) is 0 Å². The van der Waals surface area contributed by atoms with Crippen LogP contribution >= 0.6 is 11.6 Å². The molecule has 23 heavy (non-hydrogen) atoms. The Hall–Kier alpha value is -2.27. The third-order valence-corrected chi connectivity index (χ3v) is 3.92. The molecule has 0 bridgehead atoms. The second-order valence-corrected chi connectivity index (χ2v) is 5.91. The number of hydrogen-bond donors (Lipinski definition) is 2. The highest BCUT2D eigenvalue weighted by molar-refractivity contribution is 6.32. The van der Waals surface area contributed by atoms with Crippen molar-refractivity contribution in [3.63, 3.8) is 0 Å². The maximum atomic E-state index is 11.9. The van der Waals surface area contributed by atoms with Gasteiger partial charge in [0, 0.05) is 18.8 Å². The number of anilines is 1. The molecule has 1 aliphatic carbocycles. The lowest BCUT2D eigenvalue weighted by atomic mass is 10.2. The molecule has 0 unspecified atom stereocenters. The maximum absolute atomic E-state index is 11.9. The van der Waals surface area contributed by atoms with Crippen LogP contribution < -0.4 is 15.4 Å². The van der Waals surface area contributed by atoms with E-state index in [2.05, 4.69) is 15.6 Å². The first-order chi connectivity index (χ1) is 11.2. The number of carbonyl (C=O) groups excluding carboxylic acids is 1. The number of hydrogen-bond acceptors (Lipinski definition) is 4. The molecule has 6 heteroatoms. The van der Waals surface area contributed by atoms with Gasteiger partial charge in [-0.3, -0.25) is 4.79 Å². The highest BCUT2D eigenvalue weighted by Crippen LogP contribution is 2.25. The topological polar surface area (TPSA) is 63.2 Å². The van der Waals surface area contributed by atoms with Crippen LogP contribution in [-0.2, 0) is 6.54 Å². The number of aromatic nitrogens is 1. The fourth-order valence-corrected chi connectivity index (χ4v) is 2.42. The second kappa shape index (κ2) is 6.87. The Bertz CT molecular complexity index is 699. The van der Waals surface area contributed by atoms with Crippen LogP contribution in [0.15, 0.2) is 36.5 Å². The van der Waals surface area contributed by atoms with Gasteiger partial charge in [0.1, 0.15) is 11.6 Å². The molecule has 2 aromatic rings. The number of amides is 1. The molecule has 1 aromatic carbocycles. The molecular formula is C17H18ClN3O2. The lowest BCUT2D eigenvalue weighted by molar-refractivity contribution is 0.0951. The minimum absolute atomic E-state index is 0.0616. The highest BCUT2D eigenvalue weighted by Gasteiger charge is 2.23. The molecule has 120 valence electrons. The Balaban J connectivity index is 1.57. The first-order valence-corrected chi connectivity index (χ1v) is 7.86. The van der Waals surface area contributed by atoms with Gasteiger partial charge in [-0.05, 0) is 42.7 Å². The van der Waals surface area contributed by atoms with Gasteiger partial charge in [-0.2, -0.15) is 0 Å². The number of benzene rings is 1. The molecule has 1 aliphatic rings. The Kier molecular flexibility index (Phi) is 4.67. The van der Waals surface area contributed by atoms with Gasteiger partial charge in [-0.1, -0.05) is 17.7 Å². The molecule has 1 aromatic heterocycles.